The van der Waals surface area contributed by atoms with Gasteiger partial charge in [0.25, 0.3) is 0 Å². The Morgan fingerprint density at radius 3 is 2.41 bits per heavy atom. The zero-order chi connectivity index (χ0) is 22.9. The van der Waals surface area contributed by atoms with Crippen LogP contribution in [0.1, 0.15) is 90.9 Å². The minimum atomic E-state index is -3.52. The maximum atomic E-state index is 13.6. The number of hydrogen-bond donors (Lipinski definition) is 1. The fourth-order valence-electron chi connectivity index (χ4n) is 6.43. The molecule has 0 aromatic heterocycles. The smallest absolute Gasteiger partial charge is 0.223 e. The molecule has 4 aliphatic rings. The maximum Gasteiger partial charge on any atom is 0.223 e. The van der Waals surface area contributed by atoms with Crippen LogP contribution < -0.4 is 5.32 Å². The fraction of sp³-hybridized carbons (Fsp3) is 0.958. The minimum absolute atomic E-state index is 0.00590. The number of rotatable bonds is 5. The molecule has 184 valence electrons. The van der Waals surface area contributed by atoms with Crippen molar-refractivity contribution in [2.75, 3.05) is 6.54 Å². The average molecular weight is 473 g/mol. The molecule has 1 N–H and O–H groups in total. The van der Waals surface area contributed by atoms with Crippen molar-refractivity contribution < 1.29 is 22.3 Å². The van der Waals surface area contributed by atoms with Crippen molar-refractivity contribution in [2.24, 2.45) is 11.8 Å². The first-order valence-corrected chi connectivity index (χ1v) is 14.4. The summed E-state index contributed by atoms with van der Waals surface area (Å²) in [5.41, 5.74) is 0. The van der Waals surface area contributed by atoms with Gasteiger partial charge in [0.1, 0.15) is 6.17 Å². The monoisotopic (exact) mass is 472 g/mol. The molecule has 3 aliphatic carbocycles. The van der Waals surface area contributed by atoms with Crippen LogP contribution in [0.5, 0.6) is 0 Å². The van der Waals surface area contributed by atoms with Gasteiger partial charge in [-0.25, -0.2) is 12.8 Å². The molecular weight excluding hydrogens is 431 g/mol. The molecule has 1 amide bonds. The second-order valence-electron chi connectivity index (χ2n) is 10.7. The third-order valence-electron chi connectivity index (χ3n) is 8.44. The minimum Gasteiger partial charge on any atom is -0.372 e. The van der Waals surface area contributed by atoms with Crippen LogP contribution >= 0.6 is 0 Å². The van der Waals surface area contributed by atoms with Crippen LogP contribution in [0.25, 0.3) is 0 Å². The van der Waals surface area contributed by atoms with E-state index in [-0.39, 0.29) is 36.1 Å². The number of morpholine rings is 1. The second kappa shape index (κ2) is 10.3. The number of nitrogens with one attached hydrogen (secondary N) is 1. The van der Waals surface area contributed by atoms with Crippen molar-refractivity contribution in [3.05, 3.63) is 0 Å². The highest BCUT2D eigenvalue weighted by Gasteiger charge is 2.47. The quantitative estimate of drug-likeness (QED) is 0.658. The van der Waals surface area contributed by atoms with Gasteiger partial charge in [0.05, 0.1) is 23.5 Å². The molecular formula is C24H41FN2O4S. The van der Waals surface area contributed by atoms with Gasteiger partial charge < -0.3 is 10.1 Å². The van der Waals surface area contributed by atoms with Gasteiger partial charge >= 0.3 is 0 Å². The van der Waals surface area contributed by atoms with Gasteiger partial charge in [-0.2, -0.15) is 4.31 Å². The first-order chi connectivity index (χ1) is 15.3. The van der Waals surface area contributed by atoms with Crippen molar-refractivity contribution in [1.82, 2.24) is 9.62 Å². The summed E-state index contributed by atoms with van der Waals surface area (Å²) in [6.07, 6.45) is 8.40. The summed E-state index contributed by atoms with van der Waals surface area (Å²) in [5, 5.41) is 2.75. The van der Waals surface area contributed by atoms with E-state index in [4.69, 9.17) is 4.74 Å². The van der Waals surface area contributed by atoms with E-state index >= 15 is 0 Å². The van der Waals surface area contributed by atoms with Gasteiger partial charge in [-0.3, -0.25) is 4.79 Å². The SMILES string of the molecule is C[C@H]1CN(S(=O)(=O)C2CCC(F)CC2)C2CC(NC(=O)[C@H](C)C3CCCCC3)CCC2O1. The molecule has 4 fully saturated rings. The fourth-order valence-corrected chi connectivity index (χ4v) is 8.69. The summed E-state index contributed by atoms with van der Waals surface area (Å²) >= 11 is 0. The zero-order valence-corrected chi connectivity index (χ0v) is 20.5. The Kier molecular flexibility index (Phi) is 7.82. The molecule has 0 radical (unpaired) electrons. The van der Waals surface area contributed by atoms with E-state index in [0.29, 0.717) is 44.6 Å². The van der Waals surface area contributed by atoms with E-state index in [1.165, 1.54) is 19.3 Å². The summed E-state index contributed by atoms with van der Waals surface area (Å²) in [6.45, 7) is 4.31. The number of halogens is 1. The summed E-state index contributed by atoms with van der Waals surface area (Å²) in [4.78, 5) is 13.0. The molecule has 1 saturated heterocycles. The van der Waals surface area contributed by atoms with Crippen molar-refractivity contribution in [1.29, 1.82) is 0 Å². The van der Waals surface area contributed by atoms with Gasteiger partial charge in [0.15, 0.2) is 0 Å². The third kappa shape index (κ3) is 5.33. The highest BCUT2D eigenvalue weighted by molar-refractivity contribution is 7.89. The topological polar surface area (TPSA) is 75.7 Å². The molecule has 1 heterocycles. The average Bonchev–Trinajstić information content (AvgIpc) is 2.79. The summed E-state index contributed by atoms with van der Waals surface area (Å²) in [7, 11) is -3.52. The Morgan fingerprint density at radius 1 is 1.03 bits per heavy atom. The number of alkyl halides is 1. The standard InChI is InChI=1S/C24H41FN2O4S/c1-16-15-27(32(29,30)21-11-8-19(25)9-12-21)22-14-20(10-13-23(22)31-16)26-24(28)17(2)18-6-4-3-5-7-18/h16-23H,3-15H2,1-2H3,(H,26,28)/t16-,17+,19?,20?,21?,22?,23?/m0/s1. The van der Waals surface area contributed by atoms with Crippen LogP contribution in [0.2, 0.25) is 0 Å². The molecule has 0 bridgehead atoms. The lowest BCUT2D eigenvalue weighted by atomic mass is 9.80. The largest absolute Gasteiger partial charge is 0.372 e. The second-order valence-corrected chi connectivity index (χ2v) is 12.9. The van der Waals surface area contributed by atoms with Gasteiger partial charge in [-0.05, 0) is 70.6 Å². The van der Waals surface area contributed by atoms with Crippen molar-refractivity contribution >= 4 is 15.9 Å². The van der Waals surface area contributed by atoms with Gasteiger partial charge in [-0.1, -0.05) is 26.2 Å². The molecule has 0 spiro atoms. The lowest BCUT2D eigenvalue weighted by Gasteiger charge is -2.48. The number of hydrogen-bond acceptors (Lipinski definition) is 4. The molecule has 0 aromatic carbocycles. The highest BCUT2D eigenvalue weighted by atomic mass is 32.2. The van der Waals surface area contributed by atoms with E-state index < -0.39 is 21.4 Å². The number of nitrogens with zero attached hydrogens (tertiary/aromatic N) is 1. The Hall–Kier alpha value is -0.730. The Bertz CT molecular complexity index is 749. The Morgan fingerprint density at radius 2 is 1.72 bits per heavy atom. The summed E-state index contributed by atoms with van der Waals surface area (Å²) < 4.78 is 48.5. The van der Waals surface area contributed by atoms with Crippen LogP contribution in [-0.2, 0) is 19.6 Å². The summed E-state index contributed by atoms with van der Waals surface area (Å²) in [5.74, 6) is 0.578. The lowest BCUT2D eigenvalue weighted by Crippen LogP contribution is -2.62. The van der Waals surface area contributed by atoms with Gasteiger partial charge in [-0.15, -0.1) is 0 Å². The first kappa shape index (κ1) is 24.4. The number of fused-ring (bicyclic) bond motifs is 1. The van der Waals surface area contributed by atoms with E-state index in [2.05, 4.69) is 5.32 Å². The molecule has 3 unspecified atom stereocenters. The molecule has 3 saturated carbocycles. The number of ether oxygens (including phenoxy) is 1. The molecule has 32 heavy (non-hydrogen) atoms. The van der Waals surface area contributed by atoms with Crippen LogP contribution in [0, 0.1) is 11.8 Å². The lowest BCUT2D eigenvalue weighted by molar-refractivity contribution is -0.130. The van der Waals surface area contributed by atoms with E-state index in [1.54, 1.807) is 4.31 Å². The highest BCUT2D eigenvalue weighted by Crippen LogP contribution is 2.37. The molecule has 0 aromatic rings. The van der Waals surface area contributed by atoms with Crippen LogP contribution in [0.4, 0.5) is 4.39 Å². The van der Waals surface area contributed by atoms with Crippen molar-refractivity contribution in [3.63, 3.8) is 0 Å². The Labute approximate surface area is 193 Å². The normalized spacial score (nSPS) is 38.6. The van der Waals surface area contributed by atoms with Crippen LogP contribution in [0.3, 0.4) is 0 Å². The van der Waals surface area contributed by atoms with E-state index in [1.807, 2.05) is 13.8 Å². The van der Waals surface area contributed by atoms with Crippen LogP contribution in [-0.4, -0.2) is 60.9 Å². The molecule has 4 rings (SSSR count). The number of sulfonamides is 1. The Balaban J connectivity index is 1.42. The predicted octanol–water partition coefficient (Wildman–Crippen LogP) is 3.94. The molecule has 6 nitrogen and oxygen atoms in total. The third-order valence-corrected chi connectivity index (χ3v) is 10.8. The molecule has 8 heteroatoms. The number of amides is 1. The van der Waals surface area contributed by atoms with Crippen molar-refractivity contribution in [2.45, 2.75) is 127 Å². The van der Waals surface area contributed by atoms with Gasteiger partial charge in [0, 0.05) is 18.5 Å². The summed E-state index contributed by atoms with van der Waals surface area (Å²) in [6, 6.07) is -0.269. The first-order valence-electron chi connectivity index (χ1n) is 12.9. The molecule has 1 aliphatic heterocycles. The number of carbonyl (C=O) groups excluding carboxylic acids is 1. The van der Waals surface area contributed by atoms with Crippen LogP contribution in [0.15, 0.2) is 0 Å². The van der Waals surface area contributed by atoms with E-state index in [0.717, 1.165) is 25.7 Å². The maximum absolute atomic E-state index is 13.6. The number of carbonyl (C=O) groups is 1. The van der Waals surface area contributed by atoms with Crippen molar-refractivity contribution in [3.8, 4) is 0 Å². The van der Waals surface area contributed by atoms with Gasteiger partial charge in [0.2, 0.25) is 15.9 Å². The predicted molar refractivity (Wildman–Crippen MR) is 122 cm³/mol. The van der Waals surface area contributed by atoms with E-state index in [9.17, 15) is 17.6 Å². The zero-order valence-electron chi connectivity index (χ0n) is 19.7. The molecule has 5 atom stereocenters.